The molecule has 5 nitrogen and oxygen atoms in total. The first-order valence-corrected chi connectivity index (χ1v) is 6.13. The van der Waals surface area contributed by atoms with Gasteiger partial charge < -0.3 is 15.8 Å². The summed E-state index contributed by atoms with van der Waals surface area (Å²) in [7, 11) is 0. The summed E-state index contributed by atoms with van der Waals surface area (Å²) in [5.74, 6) is -0.201. The van der Waals surface area contributed by atoms with Crippen molar-refractivity contribution >= 4 is 11.9 Å². The Bertz CT molecular complexity index is 311. The Hall–Kier alpha value is -1.10. The number of nitrogens with one attached hydrogen (secondary N) is 1. The summed E-state index contributed by atoms with van der Waals surface area (Å²) >= 11 is 0. The average Bonchev–Trinajstić information content (AvgIpc) is 2.08. The molecule has 2 atom stereocenters. The molecule has 18 heavy (non-hydrogen) atoms. The van der Waals surface area contributed by atoms with Gasteiger partial charge in [-0.1, -0.05) is 20.8 Å². The fraction of sp³-hybridized carbons (Fsp3) is 0.846. The van der Waals surface area contributed by atoms with E-state index in [1.165, 1.54) is 0 Å². The minimum Gasteiger partial charge on any atom is -0.444 e. The topological polar surface area (TPSA) is 81.4 Å². The maximum absolute atomic E-state index is 12.0. The highest BCUT2D eigenvalue weighted by Crippen LogP contribution is 2.21. The number of nitrogens with two attached hydrogens (primary N) is 1. The van der Waals surface area contributed by atoms with Gasteiger partial charge in [-0.2, -0.15) is 0 Å². The van der Waals surface area contributed by atoms with Crippen LogP contribution in [0.1, 0.15) is 48.5 Å². The molecule has 0 bridgehead atoms. The number of ketones is 1. The van der Waals surface area contributed by atoms with Crippen LogP contribution in [0, 0.1) is 5.41 Å². The predicted octanol–water partition coefficient (Wildman–Crippen LogP) is 1.84. The van der Waals surface area contributed by atoms with Crippen LogP contribution in [0.5, 0.6) is 0 Å². The number of Topliss-reactive ketones (excluding diaryl/α,β-unsaturated/α-hetero) is 1. The Morgan fingerprint density at radius 2 is 1.56 bits per heavy atom. The van der Waals surface area contributed by atoms with Crippen LogP contribution in [0.25, 0.3) is 0 Å². The molecule has 106 valence electrons. The molecule has 0 saturated carbocycles. The molecule has 0 aliphatic carbocycles. The zero-order valence-corrected chi connectivity index (χ0v) is 12.5. The lowest BCUT2D eigenvalue weighted by atomic mass is 9.82. The van der Waals surface area contributed by atoms with E-state index in [1.54, 1.807) is 27.7 Å². The van der Waals surface area contributed by atoms with Crippen molar-refractivity contribution in [3.05, 3.63) is 0 Å². The van der Waals surface area contributed by atoms with Crippen molar-refractivity contribution in [1.29, 1.82) is 0 Å². The van der Waals surface area contributed by atoms with E-state index < -0.39 is 29.2 Å². The van der Waals surface area contributed by atoms with Crippen LogP contribution < -0.4 is 11.1 Å². The normalized spacial score (nSPS) is 15.8. The van der Waals surface area contributed by atoms with Gasteiger partial charge in [-0.15, -0.1) is 0 Å². The molecule has 0 fully saturated rings. The fourth-order valence-corrected chi connectivity index (χ4v) is 1.40. The molecule has 0 aromatic rings. The number of alkyl carbamates (subject to hydrolysis) is 1. The lowest BCUT2D eigenvalue weighted by Gasteiger charge is -2.32. The maximum atomic E-state index is 12.0. The van der Waals surface area contributed by atoms with E-state index in [0.29, 0.717) is 0 Å². The molecule has 0 aromatic heterocycles. The lowest BCUT2D eigenvalue weighted by molar-refractivity contribution is -0.124. The Morgan fingerprint density at radius 3 is 1.83 bits per heavy atom. The monoisotopic (exact) mass is 258 g/mol. The summed E-state index contributed by atoms with van der Waals surface area (Å²) in [4.78, 5) is 23.7. The van der Waals surface area contributed by atoms with Crippen molar-refractivity contribution in [2.45, 2.75) is 66.2 Å². The first kappa shape index (κ1) is 16.9. The van der Waals surface area contributed by atoms with Gasteiger partial charge in [-0.3, -0.25) is 4.79 Å². The van der Waals surface area contributed by atoms with Crippen molar-refractivity contribution in [3.8, 4) is 0 Å². The Morgan fingerprint density at radius 1 is 1.11 bits per heavy atom. The summed E-state index contributed by atoms with van der Waals surface area (Å²) in [5, 5.41) is 2.60. The van der Waals surface area contributed by atoms with Crippen LogP contribution in [0.3, 0.4) is 0 Å². The number of carbonyl (C=O) groups is 2. The summed E-state index contributed by atoms with van der Waals surface area (Å²) < 4.78 is 5.15. The highest BCUT2D eigenvalue weighted by molar-refractivity contribution is 5.91. The van der Waals surface area contributed by atoms with Crippen LogP contribution in [0.2, 0.25) is 0 Å². The Labute approximate surface area is 109 Å². The molecule has 0 aliphatic heterocycles. The van der Waals surface area contributed by atoms with Gasteiger partial charge in [-0.05, 0) is 33.1 Å². The second-order valence-electron chi connectivity index (χ2n) is 6.64. The SMILES string of the molecule is CC(N)C(=O)C(NC(=O)OC(C)(C)C)C(C)(C)C. The third-order valence-corrected chi connectivity index (χ3v) is 2.26. The van der Waals surface area contributed by atoms with Crippen LogP contribution in [-0.2, 0) is 9.53 Å². The molecule has 0 saturated heterocycles. The van der Waals surface area contributed by atoms with Gasteiger partial charge in [0.15, 0.2) is 5.78 Å². The van der Waals surface area contributed by atoms with Gasteiger partial charge in [0, 0.05) is 0 Å². The summed E-state index contributed by atoms with van der Waals surface area (Å²) in [6.07, 6.45) is -0.601. The predicted molar refractivity (Wildman–Crippen MR) is 71.3 cm³/mol. The van der Waals surface area contributed by atoms with E-state index in [2.05, 4.69) is 5.32 Å². The van der Waals surface area contributed by atoms with Crippen molar-refractivity contribution in [1.82, 2.24) is 5.32 Å². The van der Waals surface area contributed by atoms with Crippen molar-refractivity contribution < 1.29 is 14.3 Å². The van der Waals surface area contributed by atoms with Crippen molar-refractivity contribution in [2.24, 2.45) is 11.1 Å². The molecule has 0 heterocycles. The van der Waals surface area contributed by atoms with Gasteiger partial charge in [0.05, 0.1) is 12.1 Å². The van der Waals surface area contributed by atoms with Crippen molar-refractivity contribution in [2.75, 3.05) is 0 Å². The largest absolute Gasteiger partial charge is 0.444 e. The molecule has 0 aromatic carbocycles. The van der Waals surface area contributed by atoms with Gasteiger partial charge in [-0.25, -0.2) is 4.79 Å². The first-order chi connectivity index (χ1) is 7.84. The standard InChI is InChI=1S/C13H26N2O3/c1-8(14)9(16)10(12(2,3)4)15-11(17)18-13(5,6)7/h8,10H,14H2,1-7H3,(H,15,17). The van der Waals surface area contributed by atoms with Crippen LogP contribution in [0.4, 0.5) is 4.79 Å². The van der Waals surface area contributed by atoms with Crippen LogP contribution in [0.15, 0.2) is 0 Å². The Balaban J connectivity index is 4.83. The molecule has 1 amide bonds. The average molecular weight is 258 g/mol. The molecular formula is C13H26N2O3. The molecule has 0 spiro atoms. The first-order valence-electron chi connectivity index (χ1n) is 6.13. The number of rotatable bonds is 3. The number of ether oxygens (including phenoxy) is 1. The number of hydrogen-bond donors (Lipinski definition) is 2. The minimum atomic E-state index is -0.660. The van der Waals surface area contributed by atoms with Gasteiger partial charge in [0.1, 0.15) is 5.60 Å². The summed E-state index contributed by atoms with van der Waals surface area (Å²) in [5.41, 5.74) is 4.59. The highest BCUT2D eigenvalue weighted by Gasteiger charge is 2.35. The van der Waals surface area contributed by atoms with Crippen LogP contribution in [-0.4, -0.2) is 29.6 Å². The summed E-state index contributed by atoms with van der Waals surface area (Å²) in [6, 6.07) is -1.28. The van der Waals surface area contributed by atoms with E-state index >= 15 is 0 Å². The lowest BCUT2D eigenvalue weighted by Crippen LogP contribution is -2.54. The van der Waals surface area contributed by atoms with E-state index in [0.717, 1.165) is 0 Å². The third-order valence-electron chi connectivity index (χ3n) is 2.26. The number of hydrogen-bond acceptors (Lipinski definition) is 4. The van der Waals surface area contributed by atoms with E-state index in [4.69, 9.17) is 10.5 Å². The van der Waals surface area contributed by atoms with E-state index in [1.807, 2.05) is 20.8 Å². The molecule has 0 aliphatic rings. The molecule has 0 rings (SSSR count). The van der Waals surface area contributed by atoms with Gasteiger partial charge in [0.25, 0.3) is 0 Å². The number of carbonyl (C=O) groups excluding carboxylic acids is 2. The zero-order chi connectivity index (χ0) is 14.7. The maximum Gasteiger partial charge on any atom is 0.408 e. The smallest absolute Gasteiger partial charge is 0.408 e. The molecule has 0 radical (unpaired) electrons. The molecule has 2 unspecified atom stereocenters. The summed E-state index contributed by atoms with van der Waals surface area (Å²) in [6.45, 7) is 12.5. The zero-order valence-electron chi connectivity index (χ0n) is 12.5. The Kier molecular flexibility index (Phi) is 5.35. The molecule has 5 heteroatoms. The quantitative estimate of drug-likeness (QED) is 0.809. The number of amides is 1. The van der Waals surface area contributed by atoms with E-state index in [-0.39, 0.29) is 5.78 Å². The molecular weight excluding hydrogens is 232 g/mol. The second-order valence-corrected chi connectivity index (χ2v) is 6.64. The molecule has 3 N–H and O–H groups in total. The van der Waals surface area contributed by atoms with E-state index in [9.17, 15) is 9.59 Å². The third kappa shape index (κ3) is 6.00. The van der Waals surface area contributed by atoms with Gasteiger partial charge >= 0.3 is 6.09 Å². The van der Waals surface area contributed by atoms with Gasteiger partial charge in [0.2, 0.25) is 0 Å². The fourth-order valence-electron chi connectivity index (χ4n) is 1.40. The van der Waals surface area contributed by atoms with Crippen molar-refractivity contribution in [3.63, 3.8) is 0 Å². The van der Waals surface area contributed by atoms with Crippen LogP contribution >= 0.6 is 0 Å². The minimum absolute atomic E-state index is 0.201. The highest BCUT2D eigenvalue weighted by atomic mass is 16.6. The second kappa shape index (κ2) is 5.69.